The summed E-state index contributed by atoms with van der Waals surface area (Å²) in [6, 6.07) is 7.88. The number of nitrogens with one attached hydrogen (secondary N) is 1. The molecule has 15 heavy (non-hydrogen) atoms. The number of phenolic OH excluding ortho intramolecular Hbond substituents is 1. The van der Waals surface area contributed by atoms with E-state index < -0.39 is 0 Å². The summed E-state index contributed by atoms with van der Waals surface area (Å²) in [6.07, 6.45) is 0.986. The molecule has 0 radical (unpaired) electrons. The predicted octanol–water partition coefficient (Wildman–Crippen LogP) is 2.57. The van der Waals surface area contributed by atoms with Crippen molar-refractivity contribution in [3.8, 4) is 5.75 Å². The highest BCUT2D eigenvalue weighted by Crippen LogP contribution is 2.22. The predicted molar refractivity (Wildman–Crippen MR) is 64.1 cm³/mol. The zero-order valence-electron chi connectivity index (χ0n) is 10.0. The van der Waals surface area contributed by atoms with E-state index in [1.807, 2.05) is 19.2 Å². The molecule has 1 rings (SSSR count). The van der Waals surface area contributed by atoms with Crippen molar-refractivity contribution in [3.63, 3.8) is 0 Å². The molecule has 1 aromatic carbocycles. The van der Waals surface area contributed by atoms with E-state index in [4.69, 9.17) is 0 Å². The van der Waals surface area contributed by atoms with Gasteiger partial charge < -0.3 is 10.4 Å². The zero-order chi connectivity index (χ0) is 11.5. The van der Waals surface area contributed by atoms with Crippen molar-refractivity contribution < 1.29 is 5.11 Å². The van der Waals surface area contributed by atoms with E-state index in [0.717, 1.165) is 6.42 Å². The molecule has 0 aromatic heterocycles. The summed E-state index contributed by atoms with van der Waals surface area (Å²) in [7, 11) is 2.00. The Hall–Kier alpha value is -1.02. The summed E-state index contributed by atoms with van der Waals surface area (Å²) >= 11 is 0. The average Bonchev–Trinajstić information content (AvgIpc) is 2.15. The molecule has 0 amide bonds. The zero-order valence-corrected chi connectivity index (χ0v) is 10.0. The van der Waals surface area contributed by atoms with E-state index in [9.17, 15) is 5.11 Å². The van der Waals surface area contributed by atoms with Crippen LogP contribution in [0.5, 0.6) is 5.75 Å². The van der Waals surface area contributed by atoms with Gasteiger partial charge in [-0.3, -0.25) is 0 Å². The smallest absolute Gasteiger partial charge is 0.115 e. The fourth-order valence-corrected chi connectivity index (χ4v) is 1.71. The van der Waals surface area contributed by atoms with Crippen LogP contribution in [0.4, 0.5) is 0 Å². The molecule has 84 valence electrons. The lowest BCUT2D eigenvalue weighted by molar-refractivity contribution is 0.280. The van der Waals surface area contributed by atoms with Gasteiger partial charge in [-0.05, 0) is 36.6 Å². The second kappa shape index (κ2) is 4.67. The van der Waals surface area contributed by atoms with Crippen molar-refractivity contribution in [3.05, 3.63) is 29.8 Å². The molecule has 2 heteroatoms. The lowest BCUT2D eigenvalue weighted by Crippen LogP contribution is -2.39. The minimum Gasteiger partial charge on any atom is -0.508 e. The quantitative estimate of drug-likeness (QED) is 0.798. The molecule has 0 aliphatic heterocycles. The number of hydrogen-bond donors (Lipinski definition) is 2. The molecule has 0 bridgehead atoms. The van der Waals surface area contributed by atoms with Gasteiger partial charge in [0.1, 0.15) is 5.75 Å². The Balaban J connectivity index is 2.71. The lowest BCUT2D eigenvalue weighted by Gasteiger charge is -2.30. The molecule has 0 saturated carbocycles. The molecule has 0 saturated heterocycles. The fraction of sp³-hybridized carbons (Fsp3) is 0.538. The van der Waals surface area contributed by atoms with Crippen LogP contribution >= 0.6 is 0 Å². The molecule has 1 unspecified atom stereocenters. The van der Waals surface area contributed by atoms with Gasteiger partial charge in [-0.25, -0.2) is 0 Å². The Kier molecular flexibility index (Phi) is 3.75. The SMILES string of the molecule is CNC(Cc1ccc(O)cc1)C(C)(C)C. The van der Waals surface area contributed by atoms with Crippen LogP contribution in [-0.2, 0) is 6.42 Å². The van der Waals surface area contributed by atoms with Gasteiger partial charge in [0.25, 0.3) is 0 Å². The van der Waals surface area contributed by atoms with Gasteiger partial charge >= 0.3 is 0 Å². The first-order valence-corrected chi connectivity index (χ1v) is 5.38. The second-order valence-corrected chi connectivity index (χ2v) is 5.08. The highest BCUT2D eigenvalue weighted by molar-refractivity contribution is 5.26. The van der Waals surface area contributed by atoms with Crippen LogP contribution in [0.15, 0.2) is 24.3 Å². The van der Waals surface area contributed by atoms with Crippen LogP contribution in [0.2, 0.25) is 0 Å². The Morgan fingerprint density at radius 3 is 2.13 bits per heavy atom. The first-order valence-electron chi connectivity index (χ1n) is 5.38. The summed E-state index contributed by atoms with van der Waals surface area (Å²) < 4.78 is 0. The highest BCUT2D eigenvalue weighted by atomic mass is 16.3. The van der Waals surface area contributed by atoms with E-state index in [2.05, 4.69) is 26.1 Å². The summed E-state index contributed by atoms with van der Waals surface area (Å²) in [5.74, 6) is 0.329. The lowest BCUT2D eigenvalue weighted by atomic mass is 9.83. The third kappa shape index (κ3) is 3.56. The molecule has 1 atom stereocenters. The van der Waals surface area contributed by atoms with Crippen LogP contribution < -0.4 is 5.32 Å². The maximum absolute atomic E-state index is 9.19. The van der Waals surface area contributed by atoms with E-state index in [-0.39, 0.29) is 5.41 Å². The summed E-state index contributed by atoms with van der Waals surface area (Å²) in [5, 5.41) is 12.5. The molecule has 0 aliphatic carbocycles. The average molecular weight is 207 g/mol. The first kappa shape index (κ1) is 12.1. The van der Waals surface area contributed by atoms with E-state index in [1.165, 1.54) is 5.56 Å². The summed E-state index contributed by atoms with van der Waals surface area (Å²) in [4.78, 5) is 0. The van der Waals surface area contributed by atoms with Gasteiger partial charge in [0.15, 0.2) is 0 Å². The molecule has 0 fully saturated rings. The third-order valence-electron chi connectivity index (χ3n) is 2.77. The fourth-order valence-electron chi connectivity index (χ4n) is 1.71. The number of hydrogen-bond acceptors (Lipinski definition) is 2. The Morgan fingerprint density at radius 1 is 1.20 bits per heavy atom. The molecular formula is C13H21NO. The van der Waals surface area contributed by atoms with E-state index in [1.54, 1.807) is 12.1 Å². The van der Waals surface area contributed by atoms with Crippen LogP contribution in [0.25, 0.3) is 0 Å². The molecule has 0 aliphatic rings. The van der Waals surface area contributed by atoms with Crippen molar-refractivity contribution >= 4 is 0 Å². The van der Waals surface area contributed by atoms with Crippen molar-refractivity contribution in [1.82, 2.24) is 5.32 Å². The molecule has 0 spiro atoms. The van der Waals surface area contributed by atoms with Crippen LogP contribution in [0, 0.1) is 5.41 Å². The van der Waals surface area contributed by atoms with E-state index >= 15 is 0 Å². The van der Waals surface area contributed by atoms with Crippen molar-refractivity contribution in [2.24, 2.45) is 5.41 Å². The minimum atomic E-state index is 0.243. The third-order valence-corrected chi connectivity index (χ3v) is 2.77. The number of benzene rings is 1. The first-order chi connectivity index (χ1) is 6.93. The maximum Gasteiger partial charge on any atom is 0.115 e. The number of aromatic hydroxyl groups is 1. The Morgan fingerprint density at radius 2 is 1.73 bits per heavy atom. The van der Waals surface area contributed by atoms with Crippen LogP contribution in [0.1, 0.15) is 26.3 Å². The standard InChI is InChI=1S/C13H21NO/c1-13(2,3)12(14-4)9-10-5-7-11(15)8-6-10/h5-8,12,14-15H,9H2,1-4H3. The van der Waals surface area contributed by atoms with Gasteiger partial charge in [0.2, 0.25) is 0 Å². The molecule has 0 heterocycles. The summed E-state index contributed by atoms with van der Waals surface area (Å²) in [5.41, 5.74) is 1.49. The second-order valence-electron chi connectivity index (χ2n) is 5.08. The minimum absolute atomic E-state index is 0.243. The summed E-state index contributed by atoms with van der Waals surface area (Å²) in [6.45, 7) is 6.69. The molecule has 2 nitrogen and oxygen atoms in total. The maximum atomic E-state index is 9.19. The van der Waals surface area contributed by atoms with E-state index in [0.29, 0.717) is 11.8 Å². The largest absolute Gasteiger partial charge is 0.508 e. The molecule has 2 N–H and O–H groups in total. The van der Waals surface area contributed by atoms with Crippen molar-refractivity contribution in [1.29, 1.82) is 0 Å². The highest BCUT2D eigenvalue weighted by Gasteiger charge is 2.22. The molecular weight excluding hydrogens is 186 g/mol. The molecule has 1 aromatic rings. The van der Waals surface area contributed by atoms with Gasteiger partial charge in [-0.15, -0.1) is 0 Å². The van der Waals surface area contributed by atoms with Crippen molar-refractivity contribution in [2.75, 3.05) is 7.05 Å². The van der Waals surface area contributed by atoms with Gasteiger partial charge in [-0.1, -0.05) is 32.9 Å². The van der Waals surface area contributed by atoms with Crippen LogP contribution in [0.3, 0.4) is 0 Å². The van der Waals surface area contributed by atoms with Crippen molar-refractivity contribution in [2.45, 2.75) is 33.2 Å². The Labute approximate surface area is 92.3 Å². The normalized spacial score (nSPS) is 13.9. The van der Waals surface area contributed by atoms with Gasteiger partial charge in [-0.2, -0.15) is 0 Å². The van der Waals surface area contributed by atoms with Gasteiger partial charge in [0, 0.05) is 6.04 Å². The monoisotopic (exact) mass is 207 g/mol. The number of phenols is 1. The number of rotatable bonds is 3. The topological polar surface area (TPSA) is 32.3 Å². The Bertz CT molecular complexity index is 297. The number of likely N-dealkylation sites (N-methyl/N-ethyl adjacent to an activating group) is 1. The van der Waals surface area contributed by atoms with Gasteiger partial charge in [0.05, 0.1) is 0 Å². The van der Waals surface area contributed by atoms with Crippen LogP contribution in [-0.4, -0.2) is 18.2 Å².